The first-order valence-electron chi connectivity index (χ1n) is 10.3. The van der Waals surface area contributed by atoms with Gasteiger partial charge >= 0.3 is 0 Å². The van der Waals surface area contributed by atoms with E-state index in [9.17, 15) is 0 Å². The van der Waals surface area contributed by atoms with Gasteiger partial charge in [-0.2, -0.15) is 4.98 Å². The average Bonchev–Trinajstić information content (AvgIpc) is 3.35. The van der Waals surface area contributed by atoms with E-state index in [0.29, 0.717) is 22.0 Å². The van der Waals surface area contributed by atoms with Crippen LogP contribution in [0.25, 0.3) is 5.69 Å². The smallest absolute Gasteiger partial charge is 0.246 e. The second kappa shape index (κ2) is 8.80. The molecule has 0 fully saturated rings. The lowest BCUT2D eigenvalue weighted by atomic mass is 9.95. The van der Waals surface area contributed by atoms with Crippen LogP contribution in [0.1, 0.15) is 36.6 Å². The van der Waals surface area contributed by atoms with Crippen molar-refractivity contribution < 1.29 is 4.74 Å². The van der Waals surface area contributed by atoms with Gasteiger partial charge in [-0.3, -0.25) is 0 Å². The monoisotopic (exact) mass is 469 g/mol. The zero-order valence-electron chi connectivity index (χ0n) is 17.4. The van der Waals surface area contributed by atoms with Crippen LogP contribution in [0.2, 0.25) is 10.3 Å². The Morgan fingerprint density at radius 3 is 2.75 bits per heavy atom. The van der Waals surface area contributed by atoms with Gasteiger partial charge in [0.2, 0.25) is 5.95 Å². The third kappa shape index (κ3) is 4.16. The molecule has 0 amide bonds. The SMILES string of the molecule is COc1cc(Nc2nc3n(n2)CCCCC3c2ccc(Cl)nc2)ccc1-n1cnc(Cl)c1. The van der Waals surface area contributed by atoms with Crippen LogP contribution in [0.5, 0.6) is 5.75 Å². The topological polar surface area (TPSA) is 82.7 Å². The van der Waals surface area contributed by atoms with E-state index in [1.54, 1.807) is 19.6 Å². The van der Waals surface area contributed by atoms with E-state index in [0.717, 1.165) is 48.6 Å². The Kier molecular flexibility index (Phi) is 5.71. The quantitative estimate of drug-likeness (QED) is 0.402. The van der Waals surface area contributed by atoms with Crippen LogP contribution in [-0.2, 0) is 6.54 Å². The Hall–Kier alpha value is -3.10. The van der Waals surface area contributed by atoms with Crippen molar-refractivity contribution in [3.63, 3.8) is 0 Å². The molecule has 1 unspecified atom stereocenters. The number of rotatable bonds is 5. The fraction of sp³-hybridized carbons (Fsp3) is 0.273. The predicted octanol–water partition coefficient (Wildman–Crippen LogP) is 5.23. The zero-order chi connectivity index (χ0) is 22.1. The minimum atomic E-state index is 0.133. The number of nitrogens with one attached hydrogen (secondary N) is 1. The summed E-state index contributed by atoms with van der Waals surface area (Å²) in [7, 11) is 1.63. The fourth-order valence-corrected chi connectivity index (χ4v) is 4.27. The molecule has 0 bridgehead atoms. The molecule has 8 nitrogen and oxygen atoms in total. The maximum Gasteiger partial charge on any atom is 0.246 e. The Morgan fingerprint density at radius 2 is 2.00 bits per heavy atom. The van der Waals surface area contributed by atoms with Crippen LogP contribution in [-0.4, -0.2) is 36.4 Å². The molecule has 5 rings (SSSR count). The number of pyridine rings is 1. The van der Waals surface area contributed by atoms with Crippen molar-refractivity contribution in [3.8, 4) is 11.4 Å². The van der Waals surface area contributed by atoms with E-state index in [2.05, 4.69) is 15.3 Å². The first-order chi connectivity index (χ1) is 15.6. The van der Waals surface area contributed by atoms with Gasteiger partial charge in [-0.25, -0.2) is 14.6 Å². The zero-order valence-corrected chi connectivity index (χ0v) is 18.9. The average molecular weight is 470 g/mol. The number of fused-ring (bicyclic) bond motifs is 1. The summed E-state index contributed by atoms with van der Waals surface area (Å²) in [6.45, 7) is 0.838. The number of methoxy groups -OCH3 is 1. The lowest BCUT2D eigenvalue weighted by Crippen LogP contribution is -2.08. The number of anilines is 2. The first kappa shape index (κ1) is 20.8. The number of hydrogen-bond acceptors (Lipinski definition) is 6. The Bertz CT molecular complexity index is 1240. The van der Waals surface area contributed by atoms with E-state index in [4.69, 9.17) is 38.0 Å². The number of nitrogens with zero attached hydrogens (tertiary/aromatic N) is 6. The highest BCUT2D eigenvalue weighted by Crippen LogP contribution is 2.33. The number of ether oxygens (including phenoxy) is 1. The molecule has 164 valence electrons. The normalized spacial score (nSPS) is 15.8. The summed E-state index contributed by atoms with van der Waals surface area (Å²) < 4.78 is 9.38. The molecule has 1 aliphatic heterocycles. The summed E-state index contributed by atoms with van der Waals surface area (Å²) >= 11 is 11.9. The maximum atomic E-state index is 5.98. The lowest BCUT2D eigenvalue weighted by Gasteiger charge is -2.13. The van der Waals surface area contributed by atoms with Crippen LogP contribution in [0.3, 0.4) is 0 Å². The second-order valence-corrected chi connectivity index (χ2v) is 8.37. The van der Waals surface area contributed by atoms with E-state index >= 15 is 0 Å². The van der Waals surface area contributed by atoms with Gasteiger partial charge in [0.15, 0.2) is 0 Å². The van der Waals surface area contributed by atoms with E-state index < -0.39 is 0 Å². The van der Waals surface area contributed by atoms with Gasteiger partial charge in [0.05, 0.1) is 12.8 Å². The minimum absolute atomic E-state index is 0.133. The summed E-state index contributed by atoms with van der Waals surface area (Å²) in [4.78, 5) is 13.1. The highest BCUT2D eigenvalue weighted by Gasteiger charge is 2.25. The van der Waals surface area contributed by atoms with E-state index in [-0.39, 0.29) is 5.92 Å². The molecule has 0 spiro atoms. The van der Waals surface area contributed by atoms with Crippen molar-refractivity contribution in [2.24, 2.45) is 0 Å². The summed E-state index contributed by atoms with van der Waals surface area (Å²) in [6, 6.07) is 9.61. The molecule has 0 saturated carbocycles. The van der Waals surface area contributed by atoms with Crippen LogP contribution in [0.15, 0.2) is 49.1 Å². The van der Waals surface area contributed by atoms with Gasteiger partial charge in [-0.15, -0.1) is 5.10 Å². The van der Waals surface area contributed by atoms with E-state index in [1.807, 2.05) is 45.8 Å². The molecule has 0 saturated heterocycles. The molecule has 1 aliphatic rings. The van der Waals surface area contributed by atoms with Crippen LogP contribution >= 0.6 is 23.2 Å². The van der Waals surface area contributed by atoms with Crippen LogP contribution in [0, 0.1) is 0 Å². The molecule has 1 atom stereocenters. The Balaban J connectivity index is 1.43. The number of imidazole rings is 1. The van der Waals surface area contributed by atoms with Crippen LogP contribution < -0.4 is 10.1 Å². The Morgan fingerprint density at radius 1 is 1.09 bits per heavy atom. The molecule has 1 N–H and O–H groups in total. The second-order valence-electron chi connectivity index (χ2n) is 7.59. The van der Waals surface area contributed by atoms with Gasteiger partial charge in [0.25, 0.3) is 0 Å². The van der Waals surface area contributed by atoms with Crippen molar-refractivity contribution in [2.75, 3.05) is 12.4 Å². The van der Waals surface area contributed by atoms with Crippen molar-refractivity contribution in [1.29, 1.82) is 0 Å². The molecule has 0 aliphatic carbocycles. The molecule has 32 heavy (non-hydrogen) atoms. The lowest BCUT2D eigenvalue weighted by molar-refractivity contribution is 0.413. The molecular formula is C22H21Cl2N7O. The predicted molar refractivity (Wildman–Crippen MR) is 123 cm³/mol. The van der Waals surface area contributed by atoms with Gasteiger partial charge in [0.1, 0.15) is 28.2 Å². The molecule has 3 aromatic heterocycles. The number of halogens is 2. The fourth-order valence-electron chi connectivity index (χ4n) is 4.01. The third-order valence-corrected chi connectivity index (χ3v) is 5.96. The number of aromatic nitrogens is 6. The highest BCUT2D eigenvalue weighted by atomic mass is 35.5. The van der Waals surface area contributed by atoms with Crippen molar-refractivity contribution in [2.45, 2.75) is 31.7 Å². The number of hydrogen-bond donors (Lipinski definition) is 1. The van der Waals surface area contributed by atoms with Gasteiger partial charge in [-0.05, 0) is 36.6 Å². The summed E-state index contributed by atoms with van der Waals surface area (Å²) in [5.41, 5.74) is 2.75. The highest BCUT2D eigenvalue weighted by molar-refractivity contribution is 6.29. The first-order valence-corrected chi connectivity index (χ1v) is 11.1. The standard InChI is InChI=1S/C22H21Cl2N7O/c1-32-18-10-15(6-7-17(18)30-12-20(24)26-13-30)27-22-28-21-16(4-2-3-9-31(21)29-22)14-5-8-19(23)25-11-14/h5-8,10-13,16H,2-4,9H2,1H3,(H,27,29). The number of benzene rings is 1. The third-order valence-electron chi connectivity index (χ3n) is 5.54. The molecule has 1 aromatic carbocycles. The van der Waals surface area contributed by atoms with Crippen molar-refractivity contribution in [1.82, 2.24) is 29.3 Å². The number of aryl methyl sites for hydroxylation is 1. The maximum absolute atomic E-state index is 5.98. The van der Waals surface area contributed by atoms with Gasteiger partial charge < -0.3 is 14.6 Å². The van der Waals surface area contributed by atoms with Crippen LogP contribution in [0.4, 0.5) is 11.6 Å². The molecule has 0 radical (unpaired) electrons. The van der Waals surface area contributed by atoms with Crippen molar-refractivity contribution >= 4 is 34.8 Å². The summed E-state index contributed by atoms with van der Waals surface area (Å²) in [6.07, 6.45) is 8.37. The summed E-state index contributed by atoms with van der Waals surface area (Å²) in [5, 5.41) is 8.93. The van der Waals surface area contributed by atoms with Gasteiger partial charge in [-0.1, -0.05) is 35.7 Å². The largest absolute Gasteiger partial charge is 0.494 e. The van der Waals surface area contributed by atoms with Gasteiger partial charge in [0, 0.05) is 36.6 Å². The minimum Gasteiger partial charge on any atom is -0.494 e. The molecule has 10 heteroatoms. The molecule has 4 aromatic rings. The Labute approximate surface area is 195 Å². The van der Waals surface area contributed by atoms with E-state index in [1.165, 1.54) is 0 Å². The molecular weight excluding hydrogens is 449 g/mol. The molecule has 4 heterocycles. The summed E-state index contributed by atoms with van der Waals surface area (Å²) in [5.74, 6) is 2.29. The van der Waals surface area contributed by atoms with Crippen molar-refractivity contribution in [3.05, 3.63) is 70.7 Å².